The summed E-state index contributed by atoms with van der Waals surface area (Å²) in [7, 11) is 0. The highest BCUT2D eigenvalue weighted by Crippen LogP contribution is 2.31. The lowest BCUT2D eigenvalue weighted by atomic mass is 10.1. The number of amides is 2. The topological polar surface area (TPSA) is 72.9 Å². The van der Waals surface area contributed by atoms with Crippen LogP contribution >= 0.6 is 15.9 Å². The minimum absolute atomic E-state index is 0.275. The van der Waals surface area contributed by atoms with Crippen molar-refractivity contribution in [3.8, 4) is 22.6 Å². The van der Waals surface area contributed by atoms with Crippen molar-refractivity contribution in [2.24, 2.45) is 0 Å². The molecule has 0 bridgehead atoms. The number of rotatable bonds is 6. The van der Waals surface area contributed by atoms with Crippen LogP contribution in [-0.2, 0) is 4.79 Å². The number of nitrogens with zero attached hydrogens (tertiary/aromatic N) is 1. The molecule has 0 saturated heterocycles. The lowest BCUT2D eigenvalue weighted by Gasteiger charge is -2.14. The molecule has 4 aromatic rings. The summed E-state index contributed by atoms with van der Waals surface area (Å²) in [5.74, 6) is -0.558. The van der Waals surface area contributed by atoms with Gasteiger partial charge in [-0.3, -0.25) is 9.59 Å². The third kappa shape index (κ3) is 4.58. The Balaban J connectivity index is 1.20. The van der Waals surface area contributed by atoms with Crippen molar-refractivity contribution in [3.05, 3.63) is 113 Å². The van der Waals surface area contributed by atoms with Crippen molar-refractivity contribution in [2.75, 3.05) is 11.5 Å². The molecule has 0 saturated carbocycles. The van der Waals surface area contributed by atoms with Crippen LogP contribution in [0.2, 0.25) is 0 Å². The highest BCUT2D eigenvalue weighted by Gasteiger charge is 2.36. The van der Waals surface area contributed by atoms with Gasteiger partial charge in [0.2, 0.25) is 0 Å². The van der Waals surface area contributed by atoms with E-state index in [2.05, 4.69) is 15.9 Å². The van der Waals surface area contributed by atoms with Crippen LogP contribution in [0, 0.1) is 0 Å². The van der Waals surface area contributed by atoms with Gasteiger partial charge in [0.1, 0.15) is 11.5 Å². The number of hydrogen-bond donors (Lipinski definition) is 0. The zero-order chi connectivity index (χ0) is 24.4. The molecule has 0 fully saturated rings. The first-order valence-electron chi connectivity index (χ1n) is 10.8. The molecule has 0 aromatic heterocycles. The zero-order valence-electron chi connectivity index (χ0n) is 18.3. The van der Waals surface area contributed by atoms with E-state index in [1.165, 1.54) is 12.1 Å². The van der Waals surface area contributed by atoms with Crippen molar-refractivity contribution in [2.45, 2.75) is 0 Å². The summed E-state index contributed by atoms with van der Waals surface area (Å²) in [6, 6.07) is 28.4. The molecule has 1 aliphatic rings. The summed E-state index contributed by atoms with van der Waals surface area (Å²) in [6.45, 7) is -0.288. The van der Waals surface area contributed by atoms with Gasteiger partial charge in [-0.2, -0.15) is 0 Å². The lowest BCUT2D eigenvalue weighted by Crippen LogP contribution is -2.29. The molecule has 0 unspecified atom stereocenters. The van der Waals surface area contributed by atoms with E-state index in [4.69, 9.17) is 9.47 Å². The zero-order valence-corrected chi connectivity index (χ0v) is 19.9. The van der Waals surface area contributed by atoms with Gasteiger partial charge in [0.25, 0.3) is 11.8 Å². The van der Waals surface area contributed by atoms with Gasteiger partial charge in [-0.15, -0.1) is 0 Å². The molecule has 0 aliphatic carbocycles. The molecule has 5 rings (SSSR count). The molecule has 7 heteroatoms. The summed E-state index contributed by atoms with van der Waals surface area (Å²) < 4.78 is 11.7. The van der Waals surface area contributed by atoms with Crippen LogP contribution in [0.3, 0.4) is 0 Å². The van der Waals surface area contributed by atoms with E-state index in [1.54, 1.807) is 42.5 Å². The smallest absolute Gasteiger partial charge is 0.349 e. The number of halogens is 1. The molecule has 35 heavy (non-hydrogen) atoms. The highest BCUT2D eigenvalue weighted by molar-refractivity contribution is 9.10. The van der Waals surface area contributed by atoms with Crippen LogP contribution in [0.25, 0.3) is 11.1 Å². The third-order valence-corrected chi connectivity index (χ3v) is 6.12. The van der Waals surface area contributed by atoms with Crippen LogP contribution < -0.4 is 14.4 Å². The third-order valence-electron chi connectivity index (χ3n) is 5.51. The SMILES string of the molecule is O=C(COc1ccc(-c2ccccc2)cc1Br)Oc1ccc(N2C(=O)c3ccccc3C2=O)cc1. The second-order valence-electron chi connectivity index (χ2n) is 7.76. The van der Waals surface area contributed by atoms with Crippen molar-refractivity contribution >= 4 is 39.4 Å². The van der Waals surface area contributed by atoms with Crippen molar-refractivity contribution in [3.63, 3.8) is 0 Å². The van der Waals surface area contributed by atoms with Crippen molar-refractivity contribution in [1.82, 2.24) is 0 Å². The second-order valence-corrected chi connectivity index (χ2v) is 8.61. The molecule has 1 aliphatic heterocycles. The molecule has 4 aromatic carbocycles. The number of carbonyl (C=O) groups excluding carboxylic acids is 3. The van der Waals surface area contributed by atoms with E-state index >= 15 is 0 Å². The van der Waals surface area contributed by atoms with E-state index < -0.39 is 5.97 Å². The van der Waals surface area contributed by atoms with E-state index in [0.29, 0.717) is 22.6 Å². The number of benzene rings is 4. The summed E-state index contributed by atoms with van der Waals surface area (Å²) in [5.41, 5.74) is 3.23. The minimum Gasteiger partial charge on any atom is -0.481 e. The Morgan fingerprint density at radius 3 is 2.00 bits per heavy atom. The number of carbonyl (C=O) groups is 3. The summed E-state index contributed by atoms with van der Waals surface area (Å²) in [5, 5.41) is 0. The number of esters is 1. The van der Waals surface area contributed by atoms with Gasteiger partial charge in [0.05, 0.1) is 21.3 Å². The van der Waals surface area contributed by atoms with Gasteiger partial charge in [-0.1, -0.05) is 48.5 Å². The monoisotopic (exact) mass is 527 g/mol. The van der Waals surface area contributed by atoms with E-state index in [-0.39, 0.29) is 24.2 Å². The Bertz CT molecular complexity index is 1400. The number of ether oxygens (including phenoxy) is 2. The largest absolute Gasteiger partial charge is 0.481 e. The molecular formula is C28H18BrNO5. The Kier molecular flexibility index (Phi) is 6.16. The Morgan fingerprint density at radius 2 is 1.37 bits per heavy atom. The molecule has 6 nitrogen and oxygen atoms in total. The summed E-state index contributed by atoms with van der Waals surface area (Å²) in [4.78, 5) is 38.6. The fourth-order valence-corrected chi connectivity index (χ4v) is 4.31. The maximum atomic E-state index is 12.6. The van der Waals surface area contributed by atoms with Crippen LogP contribution in [0.4, 0.5) is 5.69 Å². The number of hydrogen-bond acceptors (Lipinski definition) is 5. The summed E-state index contributed by atoms with van der Waals surface area (Å²) in [6.07, 6.45) is 0. The molecule has 0 N–H and O–H groups in total. The molecule has 1 heterocycles. The molecule has 0 atom stereocenters. The molecule has 2 amide bonds. The fraction of sp³-hybridized carbons (Fsp3) is 0.0357. The number of anilines is 1. The number of fused-ring (bicyclic) bond motifs is 1. The summed E-state index contributed by atoms with van der Waals surface area (Å²) >= 11 is 3.49. The van der Waals surface area contributed by atoms with Gasteiger partial charge < -0.3 is 9.47 Å². The van der Waals surface area contributed by atoms with E-state index in [9.17, 15) is 14.4 Å². The van der Waals surface area contributed by atoms with Crippen molar-refractivity contribution < 1.29 is 23.9 Å². The Hall–Kier alpha value is -4.23. The first kappa shape index (κ1) is 22.6. The lowest BCUT2D eigenvalue weighted by molar-refractivity contribution is -0.136. The molecule has 172 valence electrons. The average Bonchev–Trinajstić information content (AvgIpc) is 3.14. The average molecular weight is 528 g/mol. The quantitative estimate of drug-likeness (QED) is 0.177. The van der Waals surface area contributed by atoms with Gasteiger partial charge in [-0.25, -0.2) is 9.69 Å². The van der Waals surface area contributed by atoms with Gasteiger partial charge in [0, 0.05) is 0 Å². The van der Waals surface area contributed by atoms with Crippen molar-refractivity contribution in [1.29, 1.82) is 0 Å². The van der Waals surface area contributed by atoms with Crippen LogP contribution in [0.1, 0.15) is 20.7 Å². The fourth-order valence-electron chi connectivity index (χ4n) is 3.81. The minimum atomic E-state index is -0.586. The van der Waals surface area contributed by atoms with Gasteiger partial charge in [-0.05, 0) is 75.6 Å². The van der Waals surface area contributed by atoms with Gasteiger partial charge >= 0.3 is 5.97 Å². The molecular weight excluding hydrogens is 510 g/mol. The first-order valence-corrected chi connectivity index (χ1v) is 11.6. The number of imide groups is 1. The van der Waals surface area contributed by atoms with E-state index in [0.717, 1.165) is 20.5 Å². The van der Waals surface area contributed by atoms with Crippen LogP contribution in [0.5, 0.6) is 11.5 Å². The maximum Gasteiger partial charge on any atom is 0.349 e. The predicted octanol–water partition coefficient (Wildman–Crippen LogP) is 5.90. The Labute approximate surface area is 209 Å². The van der Waals surface area contributed by atoms with Crippen LogP contribution in [-0.4, -0.2) is 24.4 Å². The van der Waals surface area contributed by atoms with Gasteiger partial charge in [0.15, 0.2) is 6.61 Å². The Morgan fingerprint density at radius 1 is 0.743 bits per heavy atom. The van der Waals surface area contributed by atoms with E-state index in [1.807, 2.05) is 42.5 Å². The maximum absolute atomic E-state index is 12.6. The highest BCUT2D eigenvalue weighted by atomic mass is 79.9. The van der Waals surface area contributed by atoms with Crippen LogP contribution in [0.15, 0.2) is 102 Å². The standard InChI is InChI=1S/C28H18BrNO5/c29-24-16-19(18-6-2-1-3-7-18)10-15-25(24)34-17-26(31)35-21-13-11-20(12-14-21)30-27(32)22-8-4-5-9-23(22)28(30)33/h1-16H,17H2. The first-order chi connectivity index (χ1) is 17.0. The molecule has 0 radical (unpaired) electrons. The molecule has 0 spiro atoms. The second kappa shape index (κ2) is 9.56. The predicted molar refractivity (Wildman–Crippen MR) is 135 cm³/mol. The normalized spacial score (nSPS) is 12.4.